The molecule has 2 aromatic carbocycles. The van der Waals surface area contributed by atoms with E-state index in [4.69, 9.17) is 5.73 Å². The maximum Gasteiger partial charge on any atom is 0.326 e. The van der Waals surface area contributed by atoms with Crippen molar-refractivity contribution in [2.45, 2.75) is 37.9 Å². The van der Waals surface area contributed by atoms with E-state index in [0.717, 1.165) is 22.0 Å². The van der Waals surface area contributed by atoms with Crippen molar-refractivity contribution in [2.75, 3.05) is 6.54 Å². The second-order valence-electron chi connectivity index (χ2n) is 8.21. The highest BCUT2D eigenvalue weighted by Gasteiger charge is 2.28. The molecule has 0 fully saturated rings. The Morgan fingerprint density at radius 2 is 1.57 bits per heavy atom. The highest BCUT2D eigenvalue weighted by atomic mass is 16.4. The van der Waals surface area contributed by atoms with Gasteiger partial charge in [-0.1, -0.05) is 48.5 Å². The van der Waals surface area contributed by atoms with Crippen LogP contribution in [0.3, 0.4) is 0 Å². The number of aromatic nitrogens is 1. The van der Waals surface area contributed by atoms with Crippen molar-refractivity contribution in [2.24, 2.45) is 5.73 Å². The van der Waals surface area contributed by atoms with Crippen LogP contribution >= 0.6 is 0 Å². The molecule has 3 rings (SSSR count). The molecule has 1 aromatic heterocycles. The number of rotatable bonds is 11. The van der Waals surface area contributed by atoms with E-state index in [1.54, 1.807) is 30.5 Å². The number of carbonyl (C=O) groups is 4. The van der Waals surface area contributed by atoms with Crippen molar-refractivity contribution < 1.29 is 24.3 Å². The van der Waals surface area contributed by atoms with Crippen LogP contribution in [0.1, 0.15) is 18.1 Å². The number of nitrogens with two attached hydrogens (primary N) is 1. The van der Waals surface area contributed by atoms with Crippen LogP contribution in [0, 0.1) is 0 Å². The number of carbonyl (C=O) groups excluding carboxylic acids is 3. The highest BCUT2D eigenvalue weighted by Crippen LogP contribution is 2.19. The van der Waals surface area contributed by atoms with Crippen LogP contribution in [0.25, 0.3) is 10.9 Å². The third-order valence-electron chi connectivity index (χ3n) is 5.59. The van der Waals surface area contributed by atoms with Crippen LogP contribution in [-0.4, -0.2) is 58.5 Å². The summed E-state index contributed by atoms with van der Waals surface area (Å²) in [6.45, 7) is 1.15. The van der Waals surface area contributed by atoms with E-state index < -0.39 is 41.8 Å². The fourth-order valence-corrected chi connectivity index (χ4v) is 3.71. The van der Waals surface area contributed by atoms with Gasteiger partial charge in [-0.25, -0.2) is 4.79 Å². The molecule has 3 aromatic rings. The van der Waals surface area contributed by atoms with Gasteiger partial charge in [0, 0.05) is 29.9 Å². The number of nitrogens with one attached hydrogen (secondary N) is 4. The minimum absolute atomic E-state index is 0.0956. The number of H-pyrrole nitrogens is 1. The van der Waals surface area contributed by atoms with Gasteiger partial charge >= 0.3 is 5.97 Å². The fraction of sp³-hybridized carbons (Fsp3) is 0.280. The molecule has 0 aliphatic carbocycles. The average Bonchev–Trinajstić information content (AvgIpc) is 3.26. The average molecular weight is 480 g/mol. The van der Waals surface area contributed by atoms with E-state index in [-0.39, 0.29) is 19.4 Å². The van der Waals surface area contributed by atoms with Crippen LogP contribution in [-0.2, 0) is 32.0 Å². The highest BCUT2D eigenvalue weighted by molar-refractivity contribution is 5.94. The lowest BCUT2D eigenvalue weighted by Crippen LogP contribution is -2.56. The SMILES string of the molecule is CC(NC(=O)C(Cc1c[nH]c2ccccc12)NC(=O)CN)C(=O)NC(Cc1ccccc1)C(=O)O. The quantitative estimate of drug-likeness (QED) is 0.234. The molecule has 0 bridgehead atoms. The summed E-state index contributed by atoms with van der Waals surface area (Å²) in [5.74, 6) is -2.95. The molecular formula is C25H29N5O5. The number of hydrogen-bond acceptors (Lipinski definition) is 5. The molecule has 0 spiro atoms. The molecule has 10 heteroatoms. The van der Waals surface area contributed by atoms with Gasteiger partial charge in [0.1, 0.15) is 18.1 Å². The summed E-state index contributed by atoms with van der Waals surface area (Å²) >= 11 is 0. The van der Waals surface area contributed by atoms with Crippen LogP contribution in [0.5, 0.6) is 0 Å². The Kier molecular flexibility index (Phi) is 8.58. The molecular weight excluding hydrogens is 450 g/mol. The van der Waals surface area contributed by atoms with Crippen LogP contribution in [0.2, 0.25) is 0 Å². The minimum atomic E-state index is -1.19. The number of carboxylic acid groups (broad SMARTS) is 1. The topological polar surface area (TPSA) is 166 Å². The lowest BCUT2D eigenvalue weighted by atomic mass is 10.0. The van der Waals surface area contributed by atoms with E-state index in [1.807, 2.05) is 30.3 Å². The van der Waals surface area contributed by atoms with Crippen molar-refractivity contribution in [3.05, 3.63) is 71.9 Å². The summed E-state index contributed by atoms with van der Waals surface area (Å²) in [4.78, 5) is 52.4. The Hall–Kier alpha value is -4.18. The summed E-state index contributed by atoms with van der Waals surface area (Å²) in [5, 5.41) is 18.1. The molecule has 10 nitrogen and oxygen atoms in total. The number of benzene rings is 2. The first kappa shape index (κ1) is 25.4. The first-order valence-corrected chi connectivity index (χ1v) is 11.2. The Balaban J connectivity index is 1.67. The van der Waals surface area contributed by atoms with Crippen LogP contribution in [0.15, 0.2) is 60.8 Å². The first-order valence-electron chi connectivity index (χ1n) is 11.2. The third kappa shape index (κ3) is 6.90. The minimum Gasteiger partial charge on any atom is -0.480 e. The molecule has 3 atom stereocenters. The number of carboxylic acids is 1. The van der Waals surface area contributed by atoms with Crippen molar-refractivity contribution in [1.82, 2.24) is 20.9 Å². The molecule has 0 aliphatic rings. The molecule has 0 saturated carbocycles. The van der Waals surface area contributed by atoms with Gasteiger partial charge in [-0.05, 0) is 24.1 Å². The predicted molar refractivity (Wildman–Crippen MR) is 130 cm³/mol. The summed E-state index contributed by atoms with van der Waals surface area (Å²) in [5.41, 5.74) is 7.86. The van der Waals surface area contributed by atoms with E-state index in [0.29, 0.717) is 0 Å². The van der Waals surface area contributed by atoms with Gasteiger partial charge in [-0.2, -0.15) is 0 Å². The maximum atomic E-state index is 13.0. The van der Waals surface area contributed by atoms with Crippen molar-refractivity contribution >= 4 is 34.6 Å². The molecule has 35 heavy (non-hydrogen) atoms. The zero-order valence-electron chi connectivity index (χ0n) is 19.3. The molecule has 0 saturated heterocycles. The molecule has 0 radical (unpaired) electrons. The van der Waals surface area contributed by atoms with Gasteiger partial charge in [0.25, 0.3) is 0 Å². The number of aliphatic carboxylic acids is 1. The van der Waals surface area contributed by atoms with E-state index in [1.165, 1.54) is 6.92 Å². The Morgan fingerprint density at radius 3 is 2.26 bits per heavy atom. The molecule has 3 amide bonds. The van der Waals surface area contributed by atoms with Crippen LogP contribution < -0.4 is 21.7 Å². The number of amides is 3. The van der Waals surface area contributed by atoms with Gasteiger partial charge in [0.2, 0.25) is 17.7 Å². The normalized spacial score (nSPS) is 13.4. The largest absolute Gasteiger partial charge is 0.480 e. The Bertz CT molecular complexity index is 1190. The van der Waals surface area contributed by atoms with Crippen molar-refractivity contribution in [3.63, 3.8) is 0 Å². The van der Waals surface area contributed by atoms with Gasteiger partial charge in [0.15, 0.2) is 0 Å². The summed E-state index contributed by atoms with van der Waals surface area (Å²) in [6, 6.07) is 13.3. The molecule has 1 heterocycles. The Morgan fingerprint density at radius 1 is 0.886 bits per heavy atom. The zero-order chi connectivity index (χ0) is 25.4. The number of para-hydroxylation sites is 1. The van der Waals surface area contributed by atoms with Crippen LogP contribution in [0.4, 0.5) is 0 Å². The van der Waals surface area contributed by atoms with Gasteiger partial charge in [-0.3, -0.25) is 14.4 Å². The van der Waals surface area contributed by atoms with Gasteiger partial charge in [-0.15, -0.1) is 0 Å². The smallest absolute Gasteiger partial charge is 0.326 e. The maximum absolute atomic E-state index is 13.0. The lowest BCUT2D eigenvalue weighted by Gasteiger charge is -2.22. The fourth-order valence-electron chi connectivity index (χ4n) is 3.71. The van der Waals surface area contributed by atoms with Gasteiger partial charge < -0.3 is 31.8 Å². The second kappa shape index (κ2) is 11.8. The standard InChI is InChI=1S/C25H29N5O5/c1-15(23(32)30-21(25(34)35)11-16-7-3-2-4-8-16)28-24(33)20(29-22(31)13-26)12-17-14-27-19-10-6-5-9-18(17)19/h2-10,14-15,20-21,27H,11-13,26H2,1H3,(H,28,33)(H,29,31)(H,30,32)(H,34,35). The number of hydrogen-bond donors (Lipinski definition) is 6. The lowest BCUT2D eigenvalue weighted by molar-refractivity contribution is -0.142. The zero-order valence-corrected chi connectivity index (χ0v) is 19.3. The van der Waals surface area contributed by atoms with Crippen molar-refractivity contribution in [1.29, 1.82) is 0 Å². The summed E-state index contributed by atoms with van der Waals surface area (Å²) in [6.07, 6.45) is 2.02. The summed E-state index contributed by atoms with van der Waals surface area (Å²) in [7, 11) is 0. The second-order valence-corrected chi connectivity index (χ2v) is 8.21. The van der Waals surface area contributed by atoms with E-state index in [2.05, 4.69) is 20.9 Å². The summed E-state index contributed by atoms with van der Waals surface area (Å²) < 4.78 is 0. The predicted octanol–water partition coefficient (Wildman–Crippen LogP) is 0.471. The van der Waals surface area contributed by atoms with Crippen molar-refractivity contribution in [3.8, 4) is 0 Å². The molecule has 184 valence electrons. The van der Waals surface area contributed by atoms with E-state index in [9.17, 15) is 24.3 Å². The first-order chi connectivity index (χ1) is 16.8. The molecule has 7 N–H and O–H groups in total. The van der Waals surface area contributed by atoms with Gasteiger partial charge in [0.05, 0.1) is 6.54 Å². The number of fused-ring (bicyclic) bond motifs is 1. The monoisotopic (exact) mass is 479 g/mol. The van der Waals surface area contributed by atoms with E-state index >= 15 is 0 Å². The third-order valence-corrected chi connectivity index (χ3v) is 5.59. The molecule has 0 aliphatic heterocycles. The number of aromatic amines is 1. The molecule has 3 unspecified atom stereocenters. The Labute approximate surface area is 202 Å².